The van der Waals surface area contributed by atoms with Gasteiger partial charge >= 0.3 is 6.09 Å². The quantitative estimate of drug-likeness (QED) is 0.602. The number of carbonyl (C=O) groups excluding carboxylic acids is 1. The first kappa shape index (κ1) is 9.36. The summed E-state index contributed by atoms with van der Waals surface area (Å²) in [4.78, 5) is 13.1. The van der Waals surface area contributed by atoms with Crippen LogP contribution in [-0.2, 0) is 4.74 Å². The molecule has 0 aliphatic carbocycles. The Hall–Kier alpha value is -0.730. The van der Waals surface area contributed by atoms with Gasteiger partial charge in [0.2, 0.25) is 0 Å². The van der Waals surface area contributed by atoms with Gasteiger partial charge in [0.1, 0.15) is 0 Å². The van der Waals surface area contributed by atoms with E-state index < -0.39 is 0 Å². The van der Waals surface area contributed by atoms with Crippen molar-refractivity contribution in [2.75, 3.05) is 13.1 Å². The van der Waals surface area contributed by atoms with Crippen molar-refractivity contribution in [2.24, 2.45) is 5.92 Å². The second-order valence-corrected chi connectivity index (χ2v) is 3.77. The molecule has 0 aromatic heterocycles. The Balaban J connectivity index is 2.33. The fourth-order valence-electron chi connectivity index (χ4n) is 1.38. The van der Waals surface area contributed by atoms with E-state index in [0.717, 1.165) is 19.5 Å². The Labute approximate surface area is 73.7 Å². The molecule has 1 amide bonds. The van der Waals surface area contributed by atoms with Crippen molar-refractivity contribution in [1.29, 1.82) is 0 Å². The Kier molecular flexibility index (Phi) is 2.95. The number of carbonyl (C=O) groups is 1. The van der Waals surface area contributed by atoms with Crippen LogP contribution < -0.4 is 0 Å². The molecule has 70 valence electrons. The third-order valence-electron chi connectivity index (χ3n) is 2.02. The molecule has 3 heteroatoms. The average molecular weight is 171 g/mol. The highest BCUT2D eigenvalue weighted by Gasteiger charge is 2.24. The summed E-state index contributed by atoms with van der Waals surface area (Å²) in [6, 6.07) is 0. The lowest BCUT2D eigenvalue weighted by molar-refractivity contribution is 0.0828. The number of hydrogen-bond acceptors (Lipinski definition) is 2. The maximum atomic E-state index is 11.3. The van der Waals surface area contributed by atoms with Crippen LogP contribution in [-0.4, -0.2) is 30.2 Å². The van der Waals surface area contributed by atoms with Crippen molar-refractivity contribution in [3.8, 4) is 0 Å². The molecule has 1 saturated heterocycles. The number of rotatable bonds is 1. The number of amides is 1. The van der Waals surface area contributed by atoms with Crippen LogP contribution in [0.1, 0.15) is 27.2 Å². The van der Waals surface area contributed by atoms with E-state index in [0.29, 0.717) is 5.92 Å². The first-order valence-corrected chi connectivity index (χ1v) is 4.55. The highest BCUT2D eigenvalue weighted by molar-refractivity contribution is 5.68. The van der Waals surface area contributed by atoms with Crippen LogP contribution in [0.15, 0.2) is 0 Å². The monoisotopic (exact) mass is 171 g/mol. The molecule has 3 nitrogen and oxygen atoms in total. The molecule has 0 aromatic carbocycles. The molecule has 1 aliphatic heterocycles. The fraction of sp³-hybridized carbons (Fsp3) is 0.889. The molecular weight excluding hydrogens is 154 g/mol. The molecule has 0 spiro atoms. The van der Waals surface area contributed by atoms with Gasteiger partial charge < -0.3 is 9.64 Å². The van der Waals surface area contributed by atoms with Crippen LogP contribution in [0.3, 0.4) is 0 Å². The second-order valence-electron chi connectivity index (χ2n) is 3.77. The average Bonchev–Trinajstić information content (AvgIpc) is 2.34. The lowest BCUT2D eigenvalue weighted by atomic mass is 10.2. The molecule has 1 atom stereocenters. The van der Waals surface area contributed by atoms with E-state index in [1.165, 1.54) is 0 Å². The lowest BCUT2D eigenvalue weighted by Crippen LogP contribution is -2.30. The van der Waals surface area contributed by atoms with Gasteiger partial charge in [0.15, 0.2) is 0 Å². The zero-order chi connectivity index (χ0) is 9.14. The minimum absolute atomic E-state index is 0.00611. The zero-order valence-electron chi connectivity index (χ0n) is 8.04. The molecule has 1 heterocycles. The molecule has 1 rings (SSSR count). The third kappa shape index (κ3) is 2.40. The van der Waals surface area contributed by atoms with Gasteiger partial charge in [-0.05, 0) is 26.2 Å². The molecule has 12 heavy (non-hydrogen) atoms. The summed E-state index contributed by atoms with van der Waals surface area (Å²) in [5, 5.41) is 0. The summed E-state index contributed by atoms with van der Waals surface area (Å²) in [7, 11) is 0. The van der Waals surface area contributed by atoms with E-state index in [-0.39, 0.29) is 12.2 Å². The van der Waals surface area contributed by atoms with E-state index in [9.17, 15) is 4.79 Å². The molecule has 1 unspecified atom stereocenters. The van der Waals surface area contributed by atoms with Gasteiger partial charge in [-0.1, -0.05) is 6.92 Å². The molecule has 0 radical (unpaired) electrons. The van der Waals surface area contributed by atoms with E-state index in [1.807, 2.05) is 13.8 Å². The zero-order valence-corrected chi connectivity index (χ0v) is 8.04. The first-order chi connectivity index (χ1) is 5.59. The Bertz CT molecular complexity index is 168. The van der Waals surface area contributed by atoms with Gasteiger partial charge in [0, 0.05) is 13.1 Å². The van der Waals surface area contributed by atoms with E-state index in [1.54, 1.807) is 4.90 Å². The van der Waals surface area contributed by atoms with Gasteiger partial charge in [-0.15, -0.1) is 0 Å². The number of hydrogen-bond donors (Lipinski definition) is 0. The van der Waals surface area contributed by atoms with Crippen LogP contribution in [0.4, 0.5) is 4.79 Å². The lowest BCUT2D eigenvalue weighted by Gasteiger charge is -2.17. The molecular formula is C9H17NO2. The Morgan fingerprint density at radius 3 is 2.67 bits per heavy atom. The molecule has 0 N–H and O–H groups in total. The summed E-state index contributed by atoms with van der Waals surface area (Å²) in [5.41, 5.74) is 0. The topological polar surface area (TPSA) is 29.5 Å². The fourth-order valence-corrected chi connectivity index (χ4v) is 1.38. The maximum Gasteiger partial charge on any atom is 0.410 e. The van der Waals surface area contributed by atoms with Crippen LogP contribution in [0.25, 0.3) is 0 Å². The number of ether oxygens (including phenoxy) is 1. The number of likely N-dealkylation sites (tertiary alicyclic amines) is 1. The second kappa shape index (κ2) is 3.78. The molecule has 0 bridgehead atoms. The molecule has 0 saturated carbocycles. The molecule has 1 fully saturated rings. The van der Waals surface area contributed by atoms with Gasteiger partial charge in [-0.2, -0.15) is 0 Å². The summed E-state index contributed by atoms with van der Waals surface area (Å²) >= 11 is 0. The largest absolute Gasteiger partial charge is 0.447 e. The van der Waals surface area contributed by atoms with Crippen LogP contribution in [0, 0.1) is 5.92 Å². The Morgan fingerprint density at radius 2 is 2.25 bits per heavy atom. The summed E-state index contributed by atoms with van der Waals surface area (Å²) in [6.45, 7) is 7.61. The van der Waals surface area contributed by atoms with Crippen molar-refractivity contribution in [3.05, 3.63) is 0 Å². The normalized spacial score (nSPS) is 23.3. The standard InChI is InChI=1S/C9H17NO2/c1-7(2)12-9(11)10-5-4-8(3)6-10/h7-8H,4-6H2,1-3H3. The van der Waals surface area contributed by atoms with Gasteiger partial charge in [0.05, 0.1) is 6.10 Å². The van der Waals surface area contributed by atoms with E-state index >= 15 is 0 Å². The van der Waals surface area contributed by atoms with Crippen LogP contribution in [0.2, 0.25) is 0 Å². The molecule has 1 aliphatic rings. The minimum Gasteiger partial charge on any atom is -0.447 e. The van der Waals surface area contributed by atoms with Gasteiger partial charge in [-0.3, -0.25) is 0 Å². The van der Waals surface area contributed by atoms with Crippen LogP contribution in [0.5, 0.6) is 0 Å². The summed E-state index contributed by atoms with van der Waals surface area (Å²) in [5.74, 6) is 0.629. The molecule has 0 aromatic rings. The minimum atomic E-state index is -0.158. The number of nitrogens with zero attached hydrogens (tertiary/aromatic N) is 1. The van der Waals surface area contributed by atoms with Gasteiger partial charge in [0.25, 0.3) is 0 Å². The summed E-state index contributed by atoms with van der Waals surface area (Å²) < 4.78 is 5.07. The van der Waals surface area contributed by atoms with Crippen molar-refractivity contribution >= 4 is 6.09 Å². The third-order valence-corrected chi connectivity index (χ3v) is 2.02. The van der Waals surface area contributed by atoms with Gasteiger partial charge in [-0.25, -0.2) is 4.79 Å². The predicted octanol–water partition coefficient (Wildman–Crippen LogP) is 1.87. The van der Waals surface area contributed by atoms with Crippen molar-refractivity contribution in [3.63, 3.8) is 0 Å². The van der Waals surface area contributed by atoms with Crippen LogP contribution >= 0.6 is 0 Å². The maximum absolute atomic E-state index is 11.3. The Morgan fingerprint density at radius 1 is 1.58 bits per heavy atom. The van der Waals surface area contributed by atoms with Crippen molar-refractivity contribution in [2.45, 2.75) is 33.3 Å². The van der Waals surface area contributed by atoms with E-state index in [4.69, 9.17) is 4.74 Å². The highest BCUT2D eigenvalue weighted by atomic mass is 16.6. The smallest absolute Gasteiger partial charge is 0.410 e. The SMILES string of the molecule is CC1CCN(C(=O)OC(C)C)C1. The van der Waals surface area contributed by atoms with Crippen molar-refractivity contribution in [1.82, 2.24) is 4.90 Å². The van der Waals surface area contributed by atoms with E-state index in [2.05, 4.69) is 6.92 Å². The first-order valence-electron chi connectivity index (χ1n) is 4.55. The highest BCUT2D eigenvalue weighted by Crippen LogP contribution is 2.16. The summed E-state index contributed by atoms with van der Waals surface area (Å²) in [6.07, 6.45) is 0.940. The van der Waals surface area contributed by atoms with Crippen molar-refractivity contribution < 1.29 is 9.53 Å². The predicted molar refractivity (Wildman–Crippen MR) is 47.0 cm³/mol.